The minimum atomic E-state index is -0.197. The monoisotopic (exact) mass is 266 g/mol. The Morgan fingerprint density at radius 1 is 1.58 bits per heavy atom. The molecule has 0 aliphatic heterocycles. The highest BCUT2D eigenvalue weighted by atomic mass is 16.3. The van der Waals surface area contributed by atoms with Crippen LogP contribution in [0.4, 0.5) is 5.69 Å². The quantitative estimate of drug-likeness (QED) is 0.738. The van der Waals surface area contributed by atoms with Crippen LogP contribution in [0.5, 0.6) is 0 Å². The molecular weight excluding hydrogens is 244 g/mol. The first-order chi connectivity index (χ1) is 9.08. The molecule has 1 aliphatic carbocycles. The molecule has 0 radical (unpaired) electrons. The number of aryl methyl sites for hydroxylation is 2. The molecule has 1 amide bonds. The molecule has 1 fully saturated rings. The lowest BCUT2D eigenvalue weighted by Gasteiger charge is -2.19. The highest BCUT2D eigenvalue weighted by Crippen LogP contribution is 2.26. The molecule has 6 heteroatoms. The maximum absolute atomic E-state index is 12.3. The Labute approximate surface area is 113 Å². The smallest absolute Gasteiger partial charge is 0.271 e. The maximum Gasteiger partial charge on any atom is 0.271 e. The second kappa shape index (κ2) is 5.61. The van der Waals surface area contributed by atoms with E-state index in [1.807, 2.05) is 6.92 Å². The summed E-state index contributed by atoms with van der Waals surface area (Å²) in [6, 6.07) is 0.0388. The van der Waals surface area contributed by atoms with Gasteiger partial charge in [0.05, 0.1) is 11.4 Å². The topological polar surface area (TPSA) is 93.2 Å². The Bertz CT molecular complexity index is 469. The molecule has 1 saturated carbocycles. The lowest BCUT2D eigenvalue weighted by molar-refractivity contribution is 0.0907. The van der Waals surface area contributed by atoms with E-state index in [4.69, 9.17) is 5.73 Å². The van der Waals surface area contributed by atoms with Crippen LogP contribution in [0.1, 0.15) is 42.4 Å². The van der Waals surface area contributed by atoms with E-state index in [0.717, 1.165) is 25.0 Å². The molecule has 106 valence electrons. The minimum absolute atomic E-state index is 0.0388. The number of nitrogens with one attached hydrogen (secondary N) is 1. The Morgan fingerprint density at radius 3 is 2.89 bits per heavy atom. The zero-order valence-corrected chi connectivity index (χ0v) is 11.5. The Morgan fingerprint density at radius 2 is 2.32 bits per heavy atom. The Kier molecular flexibility index (Phi) is 4.09. The number of aliphatic hydroxyl groups excluding tert-OH is 1. The van der Waals surface area contributed by atoms with E-state index in [1.165, 1.54) is 4.68 Å². The van der Waals surface area contributed by atoms with Crippen LogP contribution < -0.4 is 11.1 Å². The fraction of sp³-hybridized carbons (Fsp3) is 0.692. The average molecular weight is 266 g/mol. The first-order valence-corrected chi connectivity index (χ1v) is 6.81. The summed E-state index contributed by atoms with van der Waals surface area (Å²) in [6.45, 7) is 2.07. The number of aromatic nitrogens is 2. The van der Waals surface area contributed by atoms with E-state index in [-0.39, 0.29) is 24.5 Å². The summed E-state index contributed by atoms with van der Waals surface area (Å²) in [5, 5.41) is 16.5. The molecule has 1 heterocycles. The van der Waals surface area contributed by atoms with Crippen LogP contribution in [0.2, 0.25) is 0 Å². The van der Waals surface area contributed by atoms with E-state index in [2.05, 4.69) is 10.4 Å². The third-order valence-electron chi connectivity index (χ3n) is 3.92. The van der Waals surface area contributed by atoms with Gasteiger partial charge >= 0.3 is 0 Å². The molecule has 0 aromatic carbocycles. The van der Waals surface area contributed by atoms with Crippen molar-refractivity contribution in [1.82, 2.24) is 15.1 Å². The van der Waals surface area contributed by atoms with Gasteiger partial charge in [-0.05, 0) is 19.3 Å². The van der Waals surface area contributed by atoms with Crippen molar-refractivity contribution in [1.29, 1.82) is 0 Å². The van der Waals surface area contributed by atoms with E-state index in [0.29, 0.717) is 17.8 Å². The zero-order valence-electron chi connectivity index (χ0n) is 11.5. The lowest BCUT2D eigenvalue weighted by Crippen LogP contribution is -2.39. The largest absolute Gasteiger partial charge is 0.396 e. The van der Waals surface area contributed by atoms with Gasteiger partial charge in [0.15, 0.2) is 0 Å². The molecule has 0 spiro atoms. The molecule has 0 saturated heterocycles. The van der Waals surface area contributed by atoms with Crippen LogP contribution in [-0.2, 0) is 13.5 Å². The van der Waals surface area contributed by atoms with Gasteiger partial charge in [0.1, 0.15) is 5.69 Å². The maximum atomic E-state index is 12.3. The predicted molar refractivity (Wildman–Crippen MR) is 72.7 cm³/mol. The van der Waals surface area contributed by atoms with E-state index in [1.54, 1.807) is 7.05 Å². The summed E-state index contributed by atoms with van der Waals surface area (Å²) in [7, 11) is 1.72. The Balaban J connectivity index is 2.14. The average Bonchev–Trinajstić information content (AvgIpc) is 2.93. The molecular formula is C13H22N4O2. The molecule has 2 unspecified atom stereocenters. The lowest BCUT2D eigenvalue weighted by atomic mass is 10.0. The summed E-state index contributed by atoms with van der Waals surface area (Å²) in [4.78, 5) is 12.3. The van der Waals surface area contributed by atoms with Crippen molar-refractivity contribution < 1.29 is 9.90 Å². The number of hydrogen-bond acceptors (Lipinski definition) is 4. The summed E-state index contributed by atoms with van der Waals surface area (Å²) in [6.07, 6.45) is 3.62. The van der Waals surface area contributed by atoms with Gasteiger partial charge in [0.25, 0.3) is 5.91 Å². The van der Waals surface area contributed by atoms with Crippen LogP contribution in [0, 0.1) is 5.92 Å². The number of amides is 1. The fourth-order valence-electron chi connectivity index (χ4n) is 2.81. The van der Waals surface area contributed by atoms with Gasteiger partial charge in [0, 0.05) is 25.6 Å². The van der Waals surface area contributed by atoms with Gasteiger partial charge < -0.3 is 16.2 Å². The molecule has 19 heavy (non-hydrogen) atoms. The van der Waals surface area contributed by atoms with Crippen molar-refractivity contribution in [2.24, 2.45) is 13.0 Å². The number of rotatable bonds is 4. The number of anilines is 1. The van der Waals surface area contributed by atoms with Gasteiger partial charge in [0.2, 0.25) is 0 Å². The molecule has 2 rings (SSSR count). The predicted octanol–water partition coefficient (Wildman–Crippen LogP) is 0.456. The number of carbonyl (C=O) groups is 1. The SMILES string of the molecule is CCc1nn(C)c(C(=O)NC2CCCC2CO)c1N. The van der Waals surface area contributed by atoms with Gasteiger partial charge in [-0.3, -0.25) is 9.48 Å². The Hall–Kier alpha value is -1.56. The summed E-state index contributed by atoms with van der Waals surface area (Å²) in [5.41, 5.74) is 7.59. The number of nitrogens with zero attached hydrogens (tertiary/aromatic N) is 2. The highest BCUT2D eigenvalue weighted by molar-refractivity contribution is 5.98. The molecule has 1 aliphatic rings. The number of aliphatic hydroxyl groups is 1. The summed E-state index contributed by atoms with van der Waals surface area (Å²) < 4.78 is 1.53. The van der Waals surface area contributed by atoms with Gasteiger partial charge in [-0.1, -0.05) is 13.3 Å². The molecule has 6 nitrogen and oxygen atoms in total. The van der Waals surface area contributed by atoms with Crippen molar-refractivity contribution in [2.45, 2.75) is 38.6 Å². The highest BCUT2D eigenvalue weighted by Gasteiger charge is 2.29. The molecule has 2 atom stereocenters. The number of carbonyl (C=O) groups excluding carboxylic acids is 1. The van der Waals surface area contributed by atoms with E-state index in [9.17, 15) is 9.90 Å². The third kappa shape index (κ3) is 2.58. The van der Waals surface area contributed by atoms with Crippen LogP contribution in [0.15, 0.2) is 0 Å². The van der Waals surface area contributed by atoms with Crippen LogP contribution in [0.25, 0.3) is 0 Å². The fourth-order valence-corrected chi connectivity index (χ4v) is 2.81. The van der Waals surface area contributed by atoms with Crippen LogP contribution in [0.3, 0.4) is 0 Å². The van der Waals surface area contributed by atoms with Gasteiger partial charge in [-0.15, -0.1) is 0 Å². The van der Waals surface area contributed by atoms with E-state index >= 15 is 0 Å². The summed E-state index contributed by atoms with van der Waals surface area (Å²) in [5.74, 6) is -0.0402. The van der Waals surface area contributed by atoms with Gasteiger partial charge in [-0.25, -0.2) is 0 Å². The molecule has 1 aromatic heterocycles. The standard InChI is InChI=1S/C13H22N4O2/c1-3-9-11(14)12(17(2)16-9)13(19)15-10-6-4-5-8(10)7-18/h8,10,18H,3-7,14H2,1-2H3,(H,15,19). The van der Waals surface area contributed by atoms with Crippen LogP contribution in [-0.4, -0.2) is 33.4 Å². The van der Waals surface area contributed by atoms with Crippen molar-refractivity contribution in [3.05, 3.63) is 11.4 Å². The van der Waals surface area contributed by atoms with Crippen molar-refractivity contribution in [3.63, 3.8) is 0 Å². The second-order valence-corrected chi connectivity index (χ2v) is 5.14. The minimum Gasteiger partial charge on any atom is -0.396 e. The normalized spacial score (nSPS) is 22.7. The van der Waals surface area contributed by atoms with Crippen molar-refractivity contribution in [2.75, 3.05) is 12.3 Å². The van der Waals surface area contributed by atoms with Crippen molar-refractivity contribution in [3.8, 4) is 0 Å². The van der Waals surface area contributed by atoms with E-state index < -0.39 is 0 Å². The number of nitrogens with two attached hydrogens (primary N) is 1. The molecule has 4 N–H and O–H groups in total. The summed E-state index contributed by atoms with van der Waals surface area (Å²) >= 11 is 0. The first kappa shape index (κ1) is 13.9. The van der Waals surface area contributed by atoms with Gasteiger partial charge in [-0.2, -0.15) is 5.10 Å². The number of nitrogen functional groups attached to an aromatic ring is 1. The second-order valence-electron chi connectivity index (χ2n) is 5.14. The molecule has 1 aromatic rings. The van der Waals surface area contributed by atoms with Crippen molar-refractivity contribution >= 4 is 11.6 Å². The van der Waals surface area contributed by atoms with Crippen LogP contribution >= 0.6 is 0 Å². The third-order valence-corrected chi connectivity index (χ3v) is 3.92. The first-order valence-electron chi connectivity index (χ1n) is 6.81. The zero-order chi connectivity index (χ0) is 14.0. The number of hydrogen-bond donors (Lipinski definition) is 3. The molecule has 0 bridgehead atoms.